The number of amides is 1. The van der Waals surface area contributed by atoms with Gasteiger partial charge < -0.3 is 24.3 Å². The number of hydrogen-bond donors (Lipinski definition) is 1. The molecule has 0 atom stereocenters. The molecule has 1 N–H and O–H groups in total. The van der Waals surface area contributed by atoms with Gasteiger partial charge in [0.15, 0.2) is 24.7 Å². The summed E-state index contributed by atoms with van der Waals surface area (Å²) in [5, 5.41) is 2.67. The van der Waals surface area contributed by atoms with Gasteiger partial charge in [0.25, 0.3) is 5.91 Å². The van der Waals surface area contributed by atoms with Gasteiger partial charge >= 0.3 is 5.97 Å². The van der Waals surface area contributed by atoms with Crippen molar-refractivity contribution in [1.82, 2.24) is 5.32 Å². The Hall–Kier alpha value is -2.49. The van der Waals surface area contributed by atoms with Crippen LogP contribution in [0.4, 0.5) is 0 Å². The zero-order chi connectivity index (χ0) is 19.6. The van der Waals surface area contributed by atoms with Crippen LogP contribution in [0.25, 0.3) is 0 Å². The zero-order valence-electron chi connectivity index (χ0n) is 15.0. The second-order valence-electron chi connectivity index (χ2n) is 5.37. The SMILES string of the molecule is COc1ccc(CNC(=O)COC(=O)COc2ccc(I)cc2)cc1OC. The molecule has 0 radical (unpaired) electrons. The number of rotatable bonds is 9. The van der Waals surface area contributed by atoms with Crippen molar-refractivity contribution in [3.8, 4) is 17.2 Å². The summed E-state index contributed by atoms with van der Waals surface area (Å²) < 4.78 is 21.6. The average molecular weight is 485 g/mol. The summed E-state index contributed by atoms with van der Waals surface area (Å²) >= 11 is 2.17. The Morgan fingerprint density at radius 2 is 1.67 bits per heavy atom. The normalized spacial score (nSPS) is 10.0. The molecule has 0 saturated carbocycles. The van der Waals surface area contributed by atoms with Crippen molar-refractivity contribution in [2.45, 2.75) is 6.54 Å². The van der Waals surface area contributed by atoms with Crippen LogP contribution in [0.5, 0.6) is 17.2 Å². The van der Waals surface area contributed by atoms with Crippen LogP contribution in [0, 0.1) is 3.57 Å². The first-order chi connectivity index (χ1) is 13.0. The van der Waals surface area contributed by atoms with E-state index in [-0.39, 0.29) is 19.8 Å². The Balaban J connectivity index is 1.71. The van der Waals surface area contributed by atoms with E-state index in [4.69, 9.17) is 18.9 Å². The highest BCUT2D eigenvalue weighted by Crippen LogP contribution is 2.27. The minimum absolute atomic E-state index is 0.260. The molecule has 0 aliphatic heterocycles. The number of halogens is 1. The molecule has 0 aromatic heterocycles. The molecule has 2 aromatic rings. The molecule has 7 nitrogen and oxygen atoms in total. The quantitative estimate of drug-likeness (QED) is 0.435. The van der Waals surface area contributed by atoms with E-state index in [1.54, 1.807) is 31.4 Å². The number of benzene rings is 2. The van der Waals surface area contributed by atoms with Crippen LogP contribution in [0.3, 0.4) is 0 Å². The standard InChI is InChI=1S/C19H20INO6/c1-24-16-8-3-13(9-17(16)25-2)10-21-18(22)11-27-19(23)12-26-15-6-4-14(20)5-7-15/h3-9H,10-12H2,1-2H3,(H,21,22). The van der Waals surface area contributed by atoms with Crippen LogP contribution in [0.15, 0.2) is 42.5 Å². The number of methoxy groups -OCH3 is 2. The number of carbonyl (C=O) groups excluding carboxylic acids is 2. The summed E-state index contributed by atoms with van der Waals surface area (Å²) in [5.74, 6) is 0.713. The van der Waals surface area contributed by atoms with E-state index >= 15 is 0 Å². The molecule has 144 valence electrons. The van der Waals surface area contributed by atoms with E-state index in [0.29, 0.717) is 17.2 Å². The van der Waals surface area contributed by atoms with Crippen LogP contribution in [0.1, 0.15) is 5.56 Å². The van der Waals surface area contributed by atoms with Crippen molar-refractivity contribution in [2.75, 3.05) is 27.4 Å². The summed E-state index contributed by atoms with van der Waals surface area (Å²) in [6.07, 6.45) is 0. The Morgan fingerprint density at radius 1 is 0.963 bits per heavy atom. The van der Waals surface area contributed by atoms with Gasteiger partial charge in [-0.1, -0.05) is 6.07 Å². The van der Waals surface area contributed by atoms with Crippen molar-refractivity contribution in [3.63, 3.8) is 0 Å². The van der Waals surface area contributed by atoms with Gasteiger partial charge in [-0.15, -0.1) is 0 Å². The Bertz CT molecular complexity index is 778. The second kappa shape index (κ2) is 10.6. The average Bonchev–Trinajstić information content (AvgIpc) is 2.69. The fourth-order valence-electron chi connectivity index (χ4n) is 2.10. The molecule has 2 aromatic carbocycles. The fraction of sp³-hybridized carbons (Fsp3) is 0.263. The molecule has 0 aliphatic rings. The predicted molar refractivity (Wildman–Crippen MR) is 107 cm³/mol. The maximum Gasteiger partial charge on any atom is 0.344 e. The monoisotopic (exact) mass is 485 g/mol. The number of nitrogens with one attached hydrogen (secondary N) is 1. The van der Waals surface area contributed by atoms with Crippen LogP contribution >= 0.6 is 22.6 Å². The van der Waals surface area contributed by atoms with E-state index in [1.165, 1.54) is 7.11 Å². The predicted octanol–water partition coefficient (Wildman–Crippen LogP) is 2.55. The molecule has 0 spiro atoms. The molecule has 1 amide bonds. The molecule has 0 unspecified atom stereocenters. The zero-order valence-corrected chi connectivity index (χ0v) is 17.1. The Labute approximate surface area is 171 Å². The van der Waals surface area contributed by atoms with E-state index in [2.05, 4.69) is 27.9 Å². The minimum atomic E-state index is -0.616. The lowest BCUT2D eigenvalue weighted by Gasteiger charge is -2.11. The largest absolute Gasteiger partial charge is 0.493 e. The number of esters is 1. The fourth-order valence-corrected chi connectivity index (χ4v) is 2.46. The smallest absolute Gasteiger partial charge is 0.344 e. The van der Waals surface area contributed by atoms with E-state index in [9.17, 15) is 9.59 Å². The molecule has 0 saturated heterocycles. The van der Waals surface area contributed by atoms with E-state index < -0.39 is 11.9 Å². The lowest BCUT2D eigenvalue weighted by atomic mass is 10.2. The van der Waals surface area contributed by atoms with Crippen molar-refractivity contribution in [2.24, 2.45) is 0 Å². The lowest BCUT2D eigenvalue weighted by molar-refractivity contribution is -0.150. The summed E-state index contributed by atoms with van der Waals surface area (Å²) in [6.45, 7) is -0.360. The molecule has 2 rings (SSSR count). The summed E-state index contributed by atoms with van der Waals surface area (Å²) in [5.41, 5.74) is 0.828. The first-order valence-corrected chi connectivity index (χ1v) is 9.11. The Morgan fingerprint density at radius 3 is 2.33 bits per heavy atom. The van der Waals surface area contributed by atoms with Crippen LogP contribution in [-0.4, -0.2) is 39.3 Å². The van der Waals surface area contributed by atoms with Gasteiger partial charge in [0, 0.05) is 10.1 Å². The third-order valence-electron chi connectivity index (χ3n) is 3.47. The van der Waals surface area contributed by atoms with Gasteiger partial charge in [-0.25, -0.2) is 4.79 Å². The molecule has 27 heavy (non-hydrogen) atoms. The van der Waals surface area contributed by atoms with Gasteiger partial charge in [0.1, 0.15) is 5.75 Å². The highest BCUT2D eigenvalue weighted by Gasteiger charge is 2.10. The van der Waals surface area contributed by atoms with Crippen LogP contribution in [0.2, 0.25) is 0 Å². The summed E-state index contributed by atoms with van der Waals surface area (Å²) in [4.78, 5) is 23.5. The van der Waals surface area contributed by atoms with Crippen LogP contribution < -0.4 is 19.5 Å². The molecule has 0 bridgehead atoms. The van der Waals surface area contributed by atoms with Crippen molar-refractivity contribution >= 4 is 34.5 Å². The highest BCUT2D eigenvalue weighted by atomic mass is 127. The molecular formula is C19H20INO6. The molecule has 8 heteroatoms. The first kappa shape index (κ1) is 20.8. The topological polar surface area (TPSA) is 83.1 Å². The molecule has 0 fully saturated rings. The second-order valence-corrected chi connectivity index (χ2v) is 6.61. The number of hydrogen-bond acceptors (Lipinski definition) is 6. The summed E-state index contributed by atoms with van der Waals surface area (Å²) in [7, 11) is 3.09. The number of ether oxygens (including phenoxy) is 4. The van der Waals surface area contributed by atoms with Gasteiger partial charge in [-0.3, -0.25) is 4.79 Å². The molecule has 0 aliphatic carbocycles. The van der Waals surface area contributed by atoms with Crippen molar-refractivity contribution in [3.05, 3.63) is 51.6 Å². The molecule has 0 heterocycles. The third kappa shape index (κ3) is 6.97. The van der Waals surface area contributed by atoms with E-state index in [0.717, 1.165) is 9.13 Å². The highest BCUT2D eigenvalue weighted by molar-refractivity contribution is 14.1. The summed E-state index contributed by atoms with van der Waals surface area (Å²) in [6, 6.07) is 12.6. The Kier molecular flexibility index (Phi) is 8.18. The van der Waals surface area contributed by atoms with Crippen LogP contribution in [-0.2, 0) is 20.9 Å². The maximum absolute atomic E-state index is 11.8. The van der Waals surface area contributed by atoms with E-state index in [1.807, 2.05) is 18.2 Å². The molecular weight excluding hydrogens is 465 g/mol. The minimum Gasteiger partial charge on any atom is -0.493 e. The van der Waals surface area contributed by atoms with Gasteiger partial charge in [-0.2, -0.15) is 0 Å². The lowest BCUT2D eigenvalue weighted by Crippen LogP contribution is -2.29. The van der Waals surface area contributed by atoms with Gasteiger partial charge in [-0.05, 0) is 64.6 Å². The van der Waals surface area contributed by atoms with Crippen molar-refractivity contribution in [1.29, 1.82) is 0 Å². The van der Waals surface area contributed by atoms with Gasteiger partial charge in [0.2, 0.25) is 0 Å². The maximum atomic E-state index is 11.8. The third-order valence-corrected chi connectivity index (χ3v) is 4.19. The first-order valence-electron chi connectivity index (χ1n) is 8.03. The van der Waals surface area contributed by atoms with Crippen molar-refractivity contribution < 1.29 is 28.5 Å². The number of carbonyl (C=O) groups is 2. The van der Waals surface area contributed by atoms with Gasteiger partial charge in [0.05, 0.1) is 14.2 Å².